The molecule has 3 rings (SSSR count). The van der Waals surface area contributed by atoms with Gasteiger partial charge in [-0.1, -0.05) is 36.6 Å². The van der Waals surface area contributed by atoms with Crippen LogP contribution in [0.4, 0.5) is 5.69 Å². The van der Waals surface area contributed by atoms with Gasteiger partial charge in [0.25, 0.3) is 0 Å². The van der Waals surface area contributed by atoms with E-state index in [9.17, 15) is 0 Å². The molecule has 1 aliphatic rings. The highest BCUT2D eigenvalue weighted by Gasteiger charge is 2.13. The van der Waals surface area contributed by atoms with Gasteiger partial charge in [-0.3, -0.25) is 0 Å². The van der Waals surface area contributed by atoms with E-state index in [1.807, 2.05) is 0 Å². The monoisotopic (exact) mass is 401 g/mol. The Bertz CT molecular complexity index is 674. The van der Waals surface area contributed by atoms with Gasteiger partial charge in [0.15, 0.2) is 5.11 Å². The predicted octanol–water partition coefficient (Wildman–Crippen LogP) is 5.52. The van der Waals surface area contributed by atoms with Crippen LogP contribution in [0.25, 0.3) is 0 Å². The fourth-order valence-corrected chi connectivity index (χ4v) is 4.52. The van der Waals surface area contributed by atoms with E-state index in [0.717, 1.165) is 30.3 Å². The summed E-state index contributed by atoms with van der Waals surface area (Å²) < 4.78 is 0. The molecule has 146 valence electrons. The first-order valence-corrected chi connectivity index (χ1v) is 11.4. The van der Waals surface area contributed by atoms with Crippen LogP contribution in [0.1, 0.15) is 42.5 Å². The summed E-state index contributed by atoms with van der Waals surface area (Å²) in [6.07, 6.45) is 6.65. The average molecular weight is 402 g/mol. The number of benzene rings is 1. The number of aryl methyl sites for hydroxylation is 1. The van der Waals surface area contributed by atoms with Crippen LogP contribution in [0, 0.1) is 6.92 Å². The Morgan fingerprint density at radius 3 is 2.52 bits per heavy atom. The molecule has 27 heavy (non-hydrogen) atoms. The van der Waals surface area contributed by atoms with Gasteiger partial charge in [-0.15, -0.1) is 11.3 Å². The van der Waals surface area contributed by atoms with Crippen LogP contribution in [-0.4, -0.2) is 41.1 Å². The number of nitrogens with zero attached hydrogens (tertiary/aromatic N) is 2. The fraction of sp³-hybridized carbons (Fsp3) is 0.500. The summed E-state index contributed by atoms with van der Waals surface area (Å²) in [6, 6.07) is 12.7. The Morgan fingerprint density at radius 2 is 1.85 bits per heavy atom. The molecule has 0 unspecified atom stereocenters. The molecule has 1 N–H and O–H groups in total. The zero-order chi connectivity index (χ0) is 18.9. The molecule has 2 aromatic rings. The number of anilines is 1. The van der Waals surface area contributed by atoms with Crippen molar-refractivity contribution >= 4 is 34.4 Å². The van der Waals surface area contributed by atoms with Crippen LogP contribution in [0.5, 0.6) is 0 Å². The number of hydrogen-bond acceptors (Lipinski definition) is 3. The number of thiophene rings is 1. The second kappa shape index (κ2) is 10.8. The minimum absolute atomic E-state index is 0.822. The van der Waals surface area contributed by atoms with Crippen LogP contribution in [0.15, 0.2) is 41.8 Å². The lowest BCUT2D eigenvalue weighted by Gasteiger charge is -2.27. The first kappa shape index (κ1) is 20.3. The van der Waals surface area contributed by atoms with Crippen LogP contribution in [-0.2, 0) is 6.54 Å². The minimum Gasteiger partial charge on any atom is -0.344 e. The van der Waals surface area contributed by atoms with E-state index in [0.29, 0.717) is 0 Å². The Morgan fingerprint density at radius 1 is 1.11 bits per heavy atom. The SMILES string of the molecule is Cc1ccc(NC(=S)N(CCCN2CCCCCC2)Cc2cccs2)cc1. The maximum absolute atomic E-state index is 5.76. The summed E-state index contributed by atoms with van der Waals surface area (Å²) in [5.74, 6) is 0. The third-order valence-corrected chi connectivity index (χ3v) is 6.34. The summed E-state index contributed by atoms with van der Waals surface area (Å²) in [5, 5.41) is 6.39. The molecule has 2 heterocycles. The van der Waals surface area contributed by atoms with Gasteiger partial charge in [0.2, 0.25) is 0 Å². The number of thiocarbonyl (C=S) groups is 1. The highest BCUT2D eigenvalue weighted by Crippen LogP contribution is 2.16. The van der Waals surface area contributed by atoms with Crippen molar-refractivity contribution in [2.24, 2.45) is 0 Å². The summed E-state index contributed by atoms with van der Waals surface area (Å²) in [7, 11) is 0. The van der Waals surface area contributed by atoms with Crippen molar-refractivity contribution < 1.29 is 0 Å². The summed E-state index contributed by atoms with van der Waals surface area (Å²) in [5.41, 5.74) is 2.33. The predicted molar refractivity (Wildman–Crippen MR) is 122 cm³/mol. The molecule has 1 fully saturated rings. The standard InChI is InChI=1S/C22H31N3S2/c1-19-9-11-20(12-10-19)23-22(26)25(18-21-8-6-17-27-21)16-7-15-24-13-4-2-3-5-14-24/h6,8-12,17H,2-5,7,13-16,18H2,1H3,(H,23,26). The molecule has 3 nitrogen and oxygen atoms in total. The van der Waals surface area contributed by atoms with Crippen molar-refractivity contribution in [3.8, 4) is 0 Å². The largest absolute Gasteiger partial charge is 0.344 e. The smallest absolute Gasteiger partial charge is 0.173 e. The molecule has 0 saturated carbocycles. The van der Waals surface area contributed by atoms with E-state index in [1.165, 1.54) is 55.8 Å². The van der Waals surface area contributed by atoms with Gasteiger partial charge >= 0.3 is 0 Å². The molecular formula is C22H31N3S2. The van der Waals surface area contributed by atoms with E-state index in [2.05, 4.69) is 63.8 Å². The molecule has 0 aliphatic carbocycles. The zero-order valence-corrected chi connectivity index (χ0v) is 18.0. The molecule has 1 aromatic carbocycles. The highest BCUT2D eigenvalue weighted by molar-refractivity contribution is 7.80. The van der Waals surface area contributed by atoms with Gasteiger partial charge < -0.3 is 15.1 Å². The lowest BCUT2D eigenvalue weighted by Crippen LogP contribution is -2.36. The van der Waals surface area contributed by atoms with Crippen molar-refractivity contribution in [1.82, 2.24) is 9.80 Å². The Kier molecular flexibility index (Phi) is 8.11. The van der Waals surface area contributed by atoms with Gasteiger partial charge in [0.05, 0.1) is 6.54 Å². The molecule has 0 radical (unpaired) electrons. The normalized spacial score (nSPS) is 15.3. The molecule has 5 heteroatoms. The summed E-state index contributed by atoms with van der Waals surface area (Å²) in [6.45, 7) is 7.68. The second-order valence-electron chi connectivity index (χ2n) is 7.41. The van der Waals surface area contributed by atoms with Gasteiger partial charge in [-0.05, 0) is 81.6 Å². The van der Waals surface area contributed by atoms with Gasteiger partial charge in [0, 0.05) is 17.1 Å². The molecule has 0 spiro atoms. The van der Waals surface area contributed by atoms with Crippen LogP contribution >= 0.6 is 23.6 Å². The van der Waals surface area contributed by atoms with Crippen molar-refractivity contribution in [2.45, 2.75) is 45.6 Å². The molecule has 0 amide bonds. The second-order valence-corrected chi connectivity index (χ2v) is 8.83. The first-order chi connectivity index (χ1) is 13.2. The van der Waals surface area contributed by atoms with E-state index in [-0.39, 0.29) is 0 Å². The summed E-state index contributed by atoms with van der Waals surface area (Å²) >= 11 is 7.56. The zero-order valence-electron chi connectivity index (χ0n) is 16.3. The lowest BCUT2D eigenvalue weighted by atomic mass is 10.2. The molecule has 1 saturated heterocycles. The van der Waals surface area contributed by atoms with Gasteiger partial charge in [0.1, 0.15) is 0 Å². The Labute approximate surface area is 173 Å². The van der Waals surface area contributed by atoms with Crippen molar-refractivity contribution in [2.75, 3.05) is 31.5 Å². The average Bonchev–Trinajstić information content (AvgIpc) is 3.04. The number of nitrogens with one attached hydrogen (secondary N) is 1. The molecule has 0 bridgehead atoms. The van der Waals surface area contributed by atoms with E-state index < -0.39 is 0 Å². The van der Waals surface area contributed by atoms with E-state index in [1.54, 1.807) is 11.3 Å². The highest BCUT2D eigenvalue weighted by atomic mass is 32.1. The van der Waals surface area contributed by atoms with Gasteiger partial charge in [-0.2, -0.15) is 0 Å². The van der Waals surface area contributed by atoms with Crippen LogP contribution in [0.2, 0.25) is 0 Å². The topological polar surface area (TPSA) is 18.5 Å². The quantitative estimate of drug-likeness (QED) is 0.615. The van der Waals surface area contributed by atoms with Crippen molar-refractivity contribution in [1.29, 1.82) is 0 Å². The Hall–Kier alpha value is -1.43. The third kappa shape index (κ3) is 6.91. The van der Waals surface area contributed by atoms with Crippen molar-refractivity contribution in [3.05, 3.63) is 52.2 Å². The maximum Gasteiger partial charge on any atom is 0.173 e. The number of likely N-dealkylation sites (tertiary alicyclic amines) is 1. The first-order valence-electron chi connectivity index (χ1n) is 10.1. The molecule has 0 atom stereocenters. The van der Waals surface area contributed by atoms with Gasteiger partial charge in [-0.25, -0.2) is 0 Å². The van der Waals surface area contributed by atoms with Crippen molar-refractivity contribution in [3.63, 3.8) is 0 Å². The maximum atomic E-state index is 5.76. The third-order valence-electron chi connectivity index (χ3n) is 5.12. The van der Waals surface area contributed by atoms with E-state index in [4.69, 9.17) is 12.2 Å². The minimum atomic E-state index is 0.822. The molecule has 1 aliphatic heterocycles. The summed E-state index contributed by atoms with van der Waals surface area (Å²) in [4.78, 5) is 6.31. The fourth-order valence-electron chi connectivity index (χ4n) is 3.53. The number of hydrogen-bond donors (Lipinski definition) is 1. The Balaban J connectivity index is 1.55. The van der Waals surface area contributed by atoms with E-state index >= 15 is 0 Å². The van der Waals surface area contributed by atoms with Crippen LogP contribution < -0.4 is 5.32 Å². The molecular weight excluding hydrogens is 370 g/mol. The molecule has 1 aromatic heterocycles. The lowest BCUT2D eigenvalue weighted by molar-refractivity contribution is 0.266. The van der Waals surface area contributed by atoms with Crippen LogP contribution in [0.3, 0.4) is 0 Å². The number of rotatable bonds is 7.